The third kappa shape index (κ3) is 3.06. The Morgan fingerprint density at radius 2 is 2.00 bits per heavy atom. The van der Waals surface area contributed by atoms with Gasteiger partial charge in [-0.3, -0.25) is 4.79 Å². The van der Waals surface area contributed by atoms with Gasteiger partial charge in [-0.05, 0) is 19.4 Å². The van der Waals surface area contributed by atoms with Crippen LogP contribution >= 0.6 is 0 Å². The van der Waals surface area contributed by atoms with Crippen molar-refractivity contribution in [1.29, 1.82) is 0 Å². The van der Waals surface area contributed by atoms with E-state index in [1.165, 1.54) is 0 Å². The van der Waals surface area contributed by atoms with Crippen LogP contribution in [-0.4, -0.2) is 20.8 Å². The molecule has 0 fully saturated rings. The van der Waals surface area contributed by atoms with Crippen molar-refractivity contribution >= 4 is 11.7 Å². The van der Waals surface area contributed by atoms with Gasteiger partial charge in [0.05, 0.1) is 12.2 Å². The molecule has 0 aliphatic heterocycles. The molecule has 0 saturated carbocycles. The van der Waals surface area contributed by atoms with Gasteiger partial charge in [0.1, 0.15) is 11.6 Å². The van der Waals surface area contributed by atoms with Crippen LogP contribution in [0, 0.1) is 13.8 Å². The highest BCUT2D eigenvalue weighted by molar-refractivity contribution is 6.02. The second-order valence-electron chi connectivity index (χ2n) is 5.09. The van der Waals surface area contributed by atoms with Gasteiger partial charge in [0.25, 0.3) is 5.91 Å². The van der Waals surface area contributed by atoms with E-state index >= 15 is 0 Å². The highest BCUT2D eigenvalue weighted by atomic mass is 16.5. The molecule has 0 bridgehead atoms. The van der Waals surface area contributed by atoms with E-state index in [0.717, 1.165) is 11.3 Å². The Hall–Kier alpha value is -2.89. The molecule has 2 aromatic heterocycles. The van der Waals surface area contributed by atoms with Gasteiger partial charge >= 0.3 is 0 Å². The number of carbonyl (C=O) groups is 1. The van der Waals surface area contributed by atoms with E-state index in [9.17, 15) is 4.79 Å². The molecule has 0 aliphatic rings. The van der Waals surface area contributed by atoms with Crippen molar-refractivity contribution in [2.75, 3.05) is 5.32 Å². The summed E-state index contributed by atoms with van der Waals surface area (Å²) in [6.45, 7) is 4.22. The Balaban J connectivity index is 1.80. The van der Waals surface area contributed by atoms with Crippen LogP contribution in [0.3, 0.4) is 0 Å². The predicted molar refractivity (Wildman–Crippen MR) is 81.7 cm³/mol. The van der Waals surface area contributed by atoms with Crippen LogP contribution in [-0.2, 0) is 6.54 Å². The largest absolute Gasteiger partial charge is 0.361 e. The lowest BCUT2D eigenvalue weighted by atomic mass is 10.2. The first kappa shape index (κ1) is 14.1. The minimum absolute atomic E-state index is 0.252. The van der Waals surface area contributed by atoms with Crippen LogP contribution in [0.15, 0.2) is 47.0 Å². The van der Waals surface area contributed by atoms with Gasteiger partial charge < -0.3 is 9.84 Å². The summed E-state index contributed by atoms with van der Waals surface area (Å²) in [4.78, 5) is 12.2. The minimum atomic E-state index is -0.314. The lowest BCUT2D eigenvalue weighted by Gasteiger charge is -2.08. The van der Waals surface area contributed by atoms with Gasteiger partial charge in [-0.2, -0.15) is 5.10 Å². The van der Waals surface area contributed by atoms with E-state index in [4.69, 9.17) is 4.52 Å². The summed E-state index contributed by atoms with van der Waals surface area (Å²) in [5.74, 6) is 0.914. The molecule has 112 valence electrons. The molecule has 2 heterocycles. The first-order valence-electron chi connectivity index (χ1n) is 6.95. The third-order valence-corrected chi connectivity index (χ3v) is 3.18. The summed E-state index contributed by atoms with van der Waals surface area (Å²) in [6, 6.07) is 13.4. The summed E-state index contributed by atoms with van der Waals surface area (Å²) < 4.78 is 6.68. The van der Waals surface area contributed by atoms with Crippen molar-refractivity contribution in [3.63, 3.8) is 0 Å². The lowest BCUT2D eigenvalue weighted by Crippen LogP contribution is -2.16. The fraction of sp³-hybridized carbons (Fsp3) is 0.188. The fourth-order valence-electron chi connectivity index (χ4n) is 2.18. The van der Waals surface area contributed by atoms with Gasteiger partial charge in [0, 0.05) is 12.1 Å². The molecular weight excluding hydrogens is 280 g/mol. The van der Waals surface area contributed by atoms with E-state index in [2.05, 4.69) is 15.6 Å². The normalized spacial score (nSPS) is 10.6. The maximum Gasteiger partial charge on any atom is 0.278 e. The van der Waals surface area contributed by atoms with Crippen LogP contribution in [0.25, 0.3) is 0 Å². The summed E-state index contributed by atoms with van der Waals surface area (Å²) >= 11 is 0. The summed E-state index contributed by atoms with van der Waals surface area (Å²) in [5.41, 5.74) is 2.20. The zero-order valence-corrected chi connectivity index (χ0v) is 12.4. The van der Waals surface area contributed by atoms with E-state index in [1.54, 1.807) is 17.7 Å². The van der Waals surface area contributed by atoms with Crippen molar-refractivity contribution < 1.29 is 9.32 Å². The molecular formula is C16H16N4O2. The number of nitrogens with zero attached hydrogens (tertiary/aromatic N) is 3. The number of benzene rings is 1. The summed E-state index contributed by atoms with van der Waals surface area (Å²) in [7, 11) is 0. The highest BCUT2D eigenvalue weighted by Gasteiger charge is 2.14. The van der Waals surface area contributed by atoms with Crippen LogP contribution < -0.4 is 5.32 Å². The minimum Gasteiger partial charge on any atom is -0.361 e. The molecule has 0 aliphatic carbocycles. The van der Waals surface area contributed by atoms with Gasteiger partial charge in [0.2, 0.25) is 0 Å². The SMILES string of the molecule is Cc1cc(NC(=O)c2cc(C)on2)n(Cc2ccccc2)n1. The molecule has 6 nitrogen and oxygen atoms in total. The van der Waals surface area contributed by atoms with E-state index in [0.29, 0.717) is 18.1 Å². The average Bonchev–Trinajstić information content (AvgIpc) is 3.07. The number of aryl methyl sites for hydroxylation is 2. The zero-order valence-electron chi connectivity index (χ0n) is 12.4. The number of anilines is 1. The Bertz CT molecular complexity index is 790. The number of hydrogen-bond donors (Lipinski definition) is 1. The van der Waals surface area contributed by atoms with Crippen LogP contribution in [0.4, 0.5) is 5.82 Å². The maximum absolute atomic E-state index is 12.2. The average molecular weight is 296 g/mol. The molecule has 6 heteroatoms. The first-order valence-corrected chi connectivity index (χ1v) is 6.95. The molecule has 1 amide bonds. The predicted octanol–water partition coefficient (Wildman–Crippen LogP) is 2.79. The number of amides is 1. The van der Waals surface area contributed by atoms with Gasteiger partial charge in [-0.15, -0.1) is 0 Å². The maximum atomic E-state index is 12.2. The molecule has 0 saturated heterocycles. The molecule has 0 unspecified atom stereocenters. The van der Waals surface area contributed by atoms with Crippen molar-refractivity contribution in [1.82, 2.24) is 14.9 Å². The smallest absolute Gasteiger partial charge is 0.278 e. The second kappa shape index (κ2) is 5.85. The molecule has 0 spiro atoms. The quantitative estimate of drug-likeness (QED) is 0.803. The van der Waals surface area contributed by atoms with Gasteiger partial charge in [0.15, 0.2) is 5.69 Å². The van der Waals surface area contributed by atoms with Crippen molar-refractivity contribution in [3.05, 3.63) is 65.2 Å². The fourth-order valence-corrected chi connectivity index (χ4v) is 2.18. The van der Waals surface area contributed by atoms with E-state index in [1.807, 2.05) is 43.3 Å². The third-order valence-electron chi connectivity index (χ3n) is 3.18. The van der Waals surface area contributed by atoms with Crippen LogP contribution in [0.5, 0.6) is 0 Å². The number of hydrogen-bond acceptors (Lipinski definition) is 4. The Labute approximate surface area is 127 Å². The van der Waals surface area contributed by atoms with Gasteiger partial charge in [-0.1, -0.05) is 35.5 Å². The van der Waals surface area contributed by atoms with Gasteiger partial charge in [-0.25, -0.2) is 4.68 Å². The standard InChI is InChI=1S/C16H16N4O2/c1-11-8-15(17-16(21)14-9-12(2)22-19-14)20(18-11)10-13-6-4-3-5-7-13/h3-9H,10H2,1-2H3,(H,17,21). The molecule has 22 heavy (non-hydrogen) atoms. The monoisotopic (exact) mass is 296 g/mol. The highest BCUT2D eigenvalue weighted by Crippen LogP contribution is 2.14. The Morgan fingerprint density at radius 3 is 2.68 bits per heavy atom. The Kier molecular flexibility index (Phi) is 3.74. The number of nitrogens with one attached hydrogen (secondary N) is 1. The topological polar surface area (TPSA) is 73.0 Å². The first-order chi connectivity index (χ1) is 10.6. The van der Waals surface area contributed by atoms with Crippen molar-refractivity contribution in [2.24, 2.45) is 0 Å². The van der Waals surface area contributed by atoms with E-state index in [-0.39, 0.29) is 11.6 Å². The Morgan fingerprint density at radius 1 is 1.23 bits per heavy atom. The second-order valence-corrected chi connectivity index (χ2v) is 5.09. The van der Waals surface area contributed by atoms with E-state index < -0.39 is 0 Å². The molecule has 0 atom stereocenters. The summed E-state index contributed by atoms with van der Waals surface area (Å²) in [5, 5.41) is 11.0. The van der Waals surface area contributed by atoms with Crippen molar-refractivity contribution in [2.45, 2.75) is 20.4 Å². The number of aromatic nitrogens is 3. The molecule has 1 N–H and O–H groups in total. The molecule has 3 aromatic rings. The molecule has 3 rings (SSSR count). The van der Waals surface area contributed by atoms with Crippen LogP contribution in [0.1, 0.15) is 27.5 Å². The number of rotatable bonds is 4. The molecule has 1 aromatic carbocycles. The number of carbonyl (C=O) groups excluding carboxylic acids is 1. The van der Waals surface area contributed by atoms with Crippen LogP contribution in [0.2, 0.25) is 0 Å². The zero-order chi connectivity index (χ0) is 15.5. The summed E-state index contributed by atoms with van der Waals surface area (Å²) in [6.07, 6.45) is 0. The molecule has 0 radical (unpaired) electrons. The lowest BCUT2D eigenvalue weighted by molar-refractivity contribution is 0.101. The van der Waals surface area contributed by atoms with Crippen molar-refractivity contribution in [3.8, 4) is 0 Å².